The Morgan fingerprint density at radius 2 is 1.73 bits per heavy atom. The van der Waals surface area contributed by atoms with E-state index in [1.54, 1.807) is 0 Å². The summed E-state index contributed by atoms with van der Waals surface area (Å²) in [6.07, 6.45) is -3.31. The highest BCUT2D eigenvalue weighted by Gasteiger charge is 2.51. The smallest absolute Gasteiger partial charge is 0.359 e. The van der Waals surface area contributed by atoms with Gasteiger partial charge in [-0.05, 0) is 17.1 Å². The zero-order chi connectivity index (χ0) is 27.9. The summed E-state index contributed by atoms with van der Waals surface area (Å²) in [5.41, 5.74) is 0.125. The first-order chi connectivity index (χ1) is 17.9. The van der Waals surface area contributed by atoms with E-state index in [-0.39, 0.29) is 23.6 Å². The molecule has 12 heteroatoms. The summed E-state index contributed by atoms with van der Waals surface area (Å²) in [6.45, 7) is 3.19. The van der Waals surface area contributed by atoms with E-state index in [2.05, 4.69) is 15.0 Å². The van der Waals surface area contributed by atoms with E-state index >= 15 is 0 Å². The highest BCUT2D eigenvalue weighted by atomic mass is 16.7. The minimum Gasteiger partial charge on any atom is -0.463 e. The van der Waals surface area contributed by atoms with E-state index in [0.717, 1.165) is 24.7 Å². The number of fused-ring (bicyclic) bond motifs is 1. The van der Waals surface area contributed by atoms with Gasteiger partial charge in [-0.1, -0.05) is 6.04 Å². The molecule has 3 aromatic rings. The molecule has 1 aliphatic rings. The molecule has 0 saturated carbocycles. The standard InChI is InChI=1S/C21H22N5O7/c1-12(27)30-9-15-17(31-13(2)28)18(32-14(3)29)21(33-15)26-11-24-16-19(22-10-23-20(16)26)25-7-5-4-6-8-25/h4-8,10-11,15,17-18,21H,9H2,1-3H3/q+1/t15-,17-,18-,21-/m1/s1/i4D,5D,6D,7D,8D. The number of pyridine rings is 1. The van der Waals surface area contributed by atoms with Crippen molar-refractivity contribution in [3.05, 3.63) is 43.1 Å². The predicted octanol–water partition coefficient (Wildman–Crippen LogP) is 0.427. The molecule has 0 spiro atoms. The van der Waals surface area contributed by atoms with E-state index in [0.29, 0.717) is 0 Å². The summed E-state index contributed by atoms with van der Waals surface area (Å²) < 4.78 is 64.3. The van der Waals surface area contributed by atoms with Crippen molar-refractivity contribution in [3.8, 4) is 5.82 Å². The molecule has 33 heavy (non-hydrogen) atoms. The van der Waals surface area contributed by atoms with Gasteiger partial charge < -0.3 is 18.9 Å². The molecule has 3 aromatic heterocycles. The Labute approximate surface area is 195 Å². The molecule has 1 fully saturated rings. The van der Waals surface area contributed by atoms with Gasteiger partial charge in [-0.25, -0.2) is 9.55 Å². The number of hydrogen-bond donors (Lipinski definition) is 0. The van der Waals surface area contributed by atoms with Crippen LogP contribution in [-0.2, 0) is 33.3 Å². The first-order valence-electron chi connectivity index (χ1n) is 12.2. The van der Waals surface area contributed by atoms with E-state index in [4.69, 9.17) is 25.8 Å². The van der Waals surface area contributed by atoms with Crippen LogP contribution in [0.4, 0.5) is 0 Å². The molecular weight excluding hydrogens is 434 g/mol. The summed E-state index contributed by atoms with van der Waals surface area (Å²) >= 11 is 0. The van der Waals surface area contributed by atoms with Crippen LogP contribution in [-0.4, -0.2) is 62.3 Å². The van der Waals surface area contributed by atoms with Crippen LogP contribution in [0.15, 0.2) is 43.1 Å². The van der Waals surface area contributed by atoms with E-state index in [1.165, 1.54) is 17.8 Å². The van der Waals surface area contributed by atoms with Gasteiger partial charge in [-0.3, -0.25) is 19.0 Å². The molecule has 1 saturated heterocycles. The third-order valence-electron chi connectivity index (χ3n) is 4.63. The molecule has 172 valence electrons. The second kappa shape index (κ2) is 9.28. The lowest BCUT2D eigenvalue weighted by molar-refractivity contribution is -0.598. The molecule has 0 amide bonds. The second-order valence-corrected chi connectivity index (χ2v) is 6.97. The Morgan fingerprint density at radius 3 is 2.39 bits per heavy atom. The molecule has 0 N–H and O–H groups in total. The van der Waals surface area contributed by atoms with Crippen molar-refractivity contribution >= 4 is 29.1 Å². The summed E-state index contributed by atoms with van der Waals surface area (Å²) in [5, 5.41) is 0. The first-order valence-corrected chi connectivity index (χ1v) is 9.72. The molecule has 0 radical (unpaired) electrons. The van der Waals surface area contributed by atoms with Gasteiger partial charge in [0, 0.05) is 20.8 Å². The lowest BCUT2D eigenvalue weighted by atomic mass is 10.1. The molecule has 1 aliphatic heterocycles. The van der Waals surface area contributed by atoms with Gasteiger partial charge in [0.25, 0.3) is 0 Å². The zero-order valence-corrected chi connectivity index (χ0v) is 17.8. The van der Waals surface area contributed by atoms with Crippen LogP contribution in [0.25, 0.3) is 17.0 Å². The number of rotatable bonds is 6. The van der Waals surface area contributed by atoms with Crippen LogP contribution in [0.5, 0.6) is 0 Å². The van der Waals surface area contributed by atoms with Crippen molar-refractivity contribution in [1.82, 2.24) is 19.5 Å². The van der Waals surface area contributed by atoms with Gasteiger partial charge in [0.2, 0.25) is 11.8 Å². The molecule has 0 unspecified atom stereocenters. The third-order valence-corrected chi connectivity index (χ3v) is 4.63. The Morgan fingerprint density at radius 1 is 1.03 bits per heavy atom. The number of aromatic nitrogens is 5. The normalized spacial score (nSPS) is 24.3. The van der Waals surface area contributed by atoms with Crippen LogP contribution in [0, 0.1) is 0 Å². The number of hydrogen-bond acceptors (Lipinski definition) is 10. The SMILES string of the molecule is [2H]c1c([2H])c([2H])[n+](-c2ncnc3c2ncn3[C@@H]2O[C@H](COC(C)=O)[C@@H](OC(C)=O)[C@H]2OC(C)=O)c([2H])c1[2H]. The quantitative estimate of drug-likeness (QED) is 0.289. The highest BCUT2D eigenvalue weighted by Crippen LogP contribution is 2.36. The summed E-state index contributed by atoms with van der Waals surface area (Å²) in [6, 6.07) is -1.74. The topological polar surface area (TPSA) is 136 Å². The van der Waals surface area contributed by atoms with Crippen molar-refractivity contribution in [3.63, 3.8) is 0 Å². The predicted molar refractivity (Wildman–Crippen MR) is 109 cm³/mol. The van der Waals surface area contributed by atoms with Gasteiger partial charge in [-0.2, -0.15) is 4.98 Å². The summed E-state index contributed by atoms with van der Waals surface area (Å²) in [4.78, 5) is 47.7. The third kappa shape index (κ3) is 4.65. The Kier molecular flexibility index (Phi) is 4.69. The van der Waals surface area contributed by atoms with E-state index < -0.39 is 72.9 Å². The van der Waals surface area contributed by atoms with Crippen LogP contribution >= 0.6 is 0 Å². The molecular formula is C21H22N5O7+. The molecule has 4 atom stereocenters. The Hall–Kier alpha value is -3.93. The first kappa shape index (κ1) is 16.7. The monoisotopic (exact) mass is 461 g/mol. The van der Waals surface area contributed by atoms with Crippen molar-refractivity contribution in [2.24, 2.45) is 0 Å². The van der Waals surface area contributed by atoms with Gasteiger partial charge in [0.1, 0.15) is 15.5 Å². The largest absolute Gasteiger partial charge is 0.463 e. The number of esters is 3. The van der Waals surface area contributed by atoms with Gasteiger partial charge in [0.05, 0.1) is 22.8 Å². The van der Waals surface area contributed by atoms with Crippen molar-refractivity contribution in [2.45, 2.75) is 45.3 Å². The highest BCUT2D eigenvalue weighted by molar-refractivity contribution is 5.76. The van der Waals surface area contributed by atoms with Gasteiger partial charge in [0.15, 0.2) is 24.1 Å². The minimum atomic E-state index is -1.21. The number of ether oxygens (including phenoxy) is 4. The minimum absolute atomic E-state index is 0.0358. The van der Waals surface area contributed by atoms with Crippen LogP contribution in [0.2, 0.25) is 0 Å². The lowest BCUT2D eigenvalue weighted by Gasteiger charge is -2.23. The average Bonchev–Trinajstić information content (AvgIpc) is 3.41. The van der Waals surface area contributed by atoms with E-state index in [9.17, 15) is 14.4 Å². The summed E-state index contributed by atoms with van der Waals surface area (Å²) in [7, 11) is 0. The van der Waals surface area contributed by atoms with Crippen molar-refractivity contribution in [2.75, 3.05) is 6.61 Å². The van der Waals surface area contributed by atoms with Gasteiger partial charge >= 0.3 is 23.7 Å². The summed E-state index contributed by atoms with van der Waals surface area (Å²) in [5.74, 6) is -2.12. The van der Waals surface area contributed by atoms with Crippen LogP contribution in [0.1, 0.15) is 33.9 Å². The molecule has 0 bridgehead atoms. The maximum absolute atomic E-state index is 11.9. The molecule has 12 nitrogen and oxygen atoms in total. The number of carbonyl (C=O) groups excluding carboxylic acids is 3. The van der Waals surface area contributed by atoms with Crippen LogP contribution in [0.3, 0.4) is 0 Å². The number of nitrogens with zero attached hydrogens (tertiary/aromatic N) is 5. The fourth-order valence-corrected chi connectivity index (χ4v) is 3.44. The Balaban J connectivity index is 1.85. The van der Waals surface area contributed by atoms with Crippen molar-refractivity contribution in [1.29, 1.82) is 0 Å². The number of imidazole rings is 1. The lowest BCUT2D eigenvalue weighted by Crippen LogP contribution is -2.40. The van der Waals surface area contributed by atoms with E-state index in [1.807, 2.05) is 0 Å². The molecule has 0 aliphatic carbocycles. The molecule has 4 heterocycles. The number of carbonyl (C=O) groups is 3. The zero-order valence-electron chi connectivity index (χ0n) is 22.8. The molecule has 0 aromatic carbocycles. The fraction of sp³-hybridized carbons (Fsp3) is 0.381. The maximum atomic E-state index is 11.9. The van der Waals surface area contributed by atoms with Gasteiger partial charge in [-0.15, -0.1) is 0 Å². The average molecular weight is 461 g/mol. The Bertz CT molecular complexity index is 1420. The maximum Gasteiger partial charge on any atom is 0.359 e. The molecule has 4 rings (SSSR count). The van der Waals surface area contributed by atoms with Crippen molar-refractivity contribution < 1.29 is 44.8 Å². The fourth-order valence-electron chi connectivity index (χ4n) is 3.44. The van der Waals surface area contributed by atoms with Crippen LogP contribution < -0.4 is 4.57 Å². The second-order valence-electron chi connectivity index (χ2n) is 6.97.